The van der Waals surface area contributed by atoms with Gasteiger partial charge in [-0.1, -0.05) is 127 Å². The Balaban J connectivity index is 1.04. The van der Waals surface area contributed by atoms with Crippen molar-refractivity contribution in [3.8, 4) is 56.3 Å². The van der Waals surface area contributed by atoms with Crippen LogP contribution >= 0.6 is 0 Å². The van der Waals surface area contributed by atoms with Gasteiger partial charge in [0.05, 0.1) is 45.9 Å². The van der Waals surface area contributed by atoms with Gasteiger partial charge in [0.25, 0.3) is 0 Å². The standard InChI is InChI=1S/C44H32N4/c1-3-13-31(14-4-1)37-21-9-25-41(45-37)43-27-11-23-39(47-43)35-19-7-17-33(29-35)34-18-8-20-36(30-34)40-24-12-28-44(48-40)42-26-10-22-38(46-42)32-15-5-2-6-16-32/h1-30,39,47H. The Morgan fingerprint density at radius 3 is 1.48 bits per heavy atom. The summed E-state index contributed by atoms with van der Waals surface area (Å²) < 4.78 is 0. The van der Waals surface area contributed by atoms with E-state index in [0.29, 0.717) is 0 Å². The fourth-order valence-corrected chi connectivity index (χ4v) is 6.09. The van der Waals surface area contributed by atoms with Crippen molar-refractivity contribution in [2.75, 3.05) is 0 Å². The summed E-state index contributed by atoms with van der Waals surface area (Å²) in [5.74, 6) is 0. The first-order valence-electron chi connectivity index (χ1n) is 16.2. The Kier molecular flexibility index (Phi) is 7.96. The molecule has 0 aliphatic carbocycles. The van der Waals surface area contributed by atoms with Crippen LogP contribution in [-0.2, 0) is 0 Å². The molecule has 7 aromatic rings. The zero-order valence-electron chi connectivity index (χ0n) is 26.2. The molecule has 1 aliphatic heterocycles. The van der Waals surface area contributed by atoms with E-state index in [0.717, 1.165) is 67.7 Å². The van der Waals surface area contributed by atoms with Gasteiger partial charge in [-0.3, -0.25) is 0 Å². The minimum Gasteiger partial charge on any atom is -0.373 e. The lowest BCUT2D eigenvalue weighted by Gasteiger charge is -2.23. The molecular formula is C44H32N4. The first-order chi connectivity index (χ1) is 23.8. The Labute approximate surface area is 280 Å². The van der Waals surface area contributed by atoms with Crippen molar-refractivity contribution in [3.05, 3.63) is 193 Å². The number of allylic oxidation sites excluding steroid dienone is 2. The molecule has 1 aliphatic rings. The summed E-state index contributed by atoms with van der Waals surface area (Å²) in [5.41, 5.74) is 13.2. The molecule has 1 unspecified atom stereocenters. The average molecular weight is 617 g/mol. The topological polar surface area (TPSA) is 50.7 Å². The number of pyridine rings is 3. The highest BCUT2D eigenvalue weighted by Gasteiger charge is 2.16. The van der Waals surface area contributed by atoms with Crippen LogP contribution in [0.5, 0.6) is 0 Å². The van der Waals surface area contributed by atoms with Crippen molar-refractivity contribution < 1.29 is 0 Å². The van der Waals surface area contributed by atoms with Crippen LogP contribution in [0.1, 0.15) is 17.3 Å². The van der Waals surface area contributed by atoms with Crippen molar-refractivity contribution in [2.24, 2.45) is 0 Å². The molecule has 0 amide bonds. The van der Waals surface area contributed by atoms with Crippen molar-refractivity contribution >= 4 is 5.70 Å². The molecule has 4 aromatic carbocycles. The zero-order chi connectivity index (χ0) is 32.1. The van der Waals surface area contributed by atoms with E-state index < -0.39 is 0 Å². The van der Waals surface area contributed by atoms with Gasteiger partial charge in [-0.25, -0.2) is 15.0 Å². The van der Waals surface area contributed by atoms with E-state index in [1.165, 1.54) is 5.56 Å². The number of benzene rings is 4. The molecule has 0 saturated carbocycles. The maximum Gasteiger partial charge on any atom is 0.0893 e. The third kappa shape index (κ3) is 6.20. The van der Waals surface area contributed by atoms with Crippen LogP contribution in [0.25, 0.3) is 62.0 Å². The lowest BCUT2D eigenvalue weighted by molar-refractivity contribution is 0.761. The molecular weight excluding hydrogens is 585 g/mol. The minimum absolute atomic E-state index is 0.0211. The van der Waals surface area contributed by atoms with E-state index in [1.54, 1.807) is 0 Å². The molecule has 0 fully saturated rings. The maximum atomic E-state index is 5.04. The summed E-state index contributed by atoms with van der Waals surface area (Å²) >= 11 is 0. The quantitative estimate of drug-likeness (QED) is 0.194. The molecule has 4 heterocycles. The summed E-state index contributed by atoms with van der Waals surface area (Å²) in [5, 5.41) is 3.71. The van der Waals surface area contributed by atoms with Gasteiger partial charge in [-0.2, -0.15) is 0 Å². The van der Waals surface area contributed by atoms with Gasteiger partial charge in [0, 0.05) is 16.7 Å². The second kappa shape index (κ2) is 13.1. The van der Waals surface area contributed by atoms with Gasteiger partial charge in [0.2, 0.25) is 0 Å². The predicted molar refractivity (Wildman–Crippen MR) is 196 cm³/mol. The van der Waals surface area contributed by atoms with Gasteiger partial charge in [0.1, 0.15) is 0 Å². The number of nitrogens with zero attached hydrogens (tertiary/aromatic N) is 3. The Morgan fingerprint density at radius 2 is 0.833 bits per heavy atom. The molecule has 0 radical (unpaired) electrons. The highest BCUT2D eigenvalue weighted by atomic mass is 15.0. The number of dihydropyridines is 1. The van der Waals surface area contributed by atoms with Crippen molar-refractivity contribution in [1.29, 1.82) is 0 Å². The smallest absolute Gasteiger partial charge is 0.0893 e. The third-order valence-electron chi connectivity index (χ3n) is 8.54. The van der Waals surface area contributed by atoms with Gasteiger partial charge >= 0.3 is 0 Å². The van der Waals surface area contributed by atoms with E-state index in [-0.39, 0.29) is 6.04 Å². The number of hydrogen-bond acceptors (Lipinski definition) is 4. The molecule has 3 aromatic heterocycles. The second-order valence-electron chi connectivity index (χ2n) is 11.7. The highest BCUT2D eigenvalue weighted by Crippen LogP contribution is 2.31. The van der Waals surface area contributed by atoms with Crippen LogP contribution in [0.15, 0.2) is 182 Å². The van der Waals surface area contributed by atoms with E-state index in [1.807, 2.05) is 60.7 Å². The number of aromatic nitrogens is 3. The maximum absolute atomic E-state index is 5.04. The molecule has 0 spiro atoms. The third-order valence-corrected chi connectivity index (χ3v) is 8.54. The summed E-state index contributed by atoms with van der Waals surface area (Å²) in [7, 11) is 0. The molecule has 4 nitrogen and oxygen atoms in total. The first kappa shape index (κ1) is 29.0. The van der Waals surface area contributed by atoms with Crippen LogP contribution < -0.4 is 5.32 Å². The second-order valence-corrected chi connectivity index (χ2v) is 11.7. The lowest BCUT2D eigenvalue weighted by atomic mass is 9.96. The van der Waals surface area contributed by atoms with Gasteiger partial charge in [-0.15, -0.1) is 0 Å². The molecule has 0 bridgehead atoms. The molecule has 1 atom stereocenters. The van der Waals surface area contributed by atoms with Crippen molar-refractivity contribution in [1.82, 2.24) is 20.3 Å². The summed E-state index contributed by atoms with van der Waals surface area (Å²) in [6, 6.07) is 56.3. The Bertz CT molecular complexity index is 2270. The molecule has 0 saturated heterocycles. The van der Waals surface area contributed by atoms with Crippen LogP contribution in [0.2, 0.25) is 0 Å². The van der Waals surface area contributed by atoms with Gasteiger partial charge in [0.15, 0.2) is 0 Å². The average Bonchev–Trinajstić information content (AvgIpc) is 3.19. The largest absolute Gasteiger partial charge is 0.373 e. The number of rotatable bonds is 7. The Morgan fingerprint density at radius 1 is 0.375 bits per heavy atom. The van der Waals surface area contributed by atoms with Crippen molar-refractivity contribution in [3.63, 3.8) is 0 Å². The fourth-order valence-electron chi connectivity index (χ4n) is 6.09. The summed E-state index contributed by atoms with van der Waals surface area (Å²) in [6.45, 7) is 0. The molecule has 8 rings (SSSR count). The highest BCUT2D eigenvalue weighted by molar-refractivity contribution is 5.74. The monoisotopic (exact) mass is 616 g/mol. The Hall–Kier alpha value is -6.39. The molecule has 228 valence electrons. The van der Waals surface area contributed by atoms with Gasteiger partial charge < -0.3 is 5.32 Å². The van der Waals surface area contributed by atoms with E-state index in [4.69, 9.17) is 15.0 Å². The first-order valence-corrected chi connectivity index (χ1v) is 16.2. The number of hydrogen-bond donors (Lipinski definition) is 1. The van der Waals surface area contributed by atoms with Crippen LogP contribution in [0.3, 0.4) is 0 Å². The fraction of sp³-hybridized carbons (Fsp3) is 0.0227. The van der Waals surface area contributed by atoms with E-state index in [2.05, 4.69) is 127 Å². The lowest BCUT2D eigenvalue weighted by Crippen LogP contribution is -2.21. The van der Waals surface area contributed by atoms with Crippen LogP contribution in [-0.4, -0.2) is 15.0 Å². The zero-order valence-corrected chi connectivity index (χ0v) is 26.2. The molecule has 4 heteroatoms. The normalized spacial score (nSPS) is 13.8. The van der Waals surface area contributed by atoms with E-state index in [9.17, 15) is 0 Å². The number of nitrogens with one attached hydrogen (secondary N) is 1. The van der Waals surface area contributed by atoms with Crippen molar-refractivity contribution in [2.45, 2.75) is 6.04 Å². The van der Waals surface area contributed by atoms with Crippen LogP contribution in [0, 0.1) is 0 Å². The van der Waals surface area contributed by atoms with Crippen LogP contribution in [0.4, 0.5) is 0 Å². The van der Waals surface area contributed by atoms with Gasteiger partial charge in [-0.05, 0) is 71.3 Å². The predicted octanol–water partition coefficient (Wildman–Crippen LogP) is 10.4. The SMILES string of the molecule is C1=CC(c2cccc(-c3cccc(-c4cccc(-c5cccc(-c6ccccc6)n5)n4)c3)c2)NC(c2cccc(-c3ccccc3)n2)=C1. The molecule has 48 heavy (non-hydrogen) atoms. The van der Waals surface area contributed by atoms with E-state index >= 15 is 0 Å². The minimum atomic E-state index is 0.0211. The molecule has 1 N–H and O–H groups in total. The summed E-state index contributed by atoms with van der Waals surface area (Å²) in [6.07, 6.45) is 6.40. The summed E-state index contributed by atoms with van der Waals surface area (Å²) in [4.78, 5) is 14.9.